The summed E-state index contributed by atoms with van der Waals surface area (Å²) < 4.78 is 0. The molecule has 0 heterocycles. The van der Waals surface area contributed by atoms with Crippen LogP contribution in [-0.2, 0) is 17.1 Å². The fourth-order valence-corrected chi connectivity index (χ4v) is 7.23. The summed E-state index contributed by atoms with van der Waals surface area (Å²) in [7, 11) is 0. The van der Waals surface area contributed by atoms with Crippen molar-refractivity contribution in [3.63, 3.8) is 0 Å². The molecule has 33 heavy (non-hydrogen) atoms. The van der Waals surface area contributed by atoms with Gasteiger partial charge < -0.3 is 0 Å². The Bertz CT molecular complexity index is 662. The standard InChI is InChI=1S/2C16H28.Fe/c2*1-9(2)14-12(7)15(10(3)4)16(11(5)6)13(14)8;/h2*9-11,14H,1-8H3;. The van der Waals surface area contributed by atoms with Crippen molar-refractivity contribution in [1.82, 2.24) is 0 Å². The SMILES string of the molecule is CC1=C(C(C)C)C(C(C)C)=C(C)C1C(C)C.CC1=C(C(C)C)C(C(C)C)=C(C)C1C(C)C.[Fe]. The van der Waals surface area contributed by atoms with E-state index in [-0.39, 0.29) is 17.1 Å². The van der Waals surface area contributed by atoms with E-state index in [2.05, 4.69) is 111 Å². The van der Waals surface area contributed by atoms with Gasteiger partial charge in [-0.25, -0.2) is 0 Å². The third-order valence-electron chi connectivity index (χ3n) is 7.79. The van der Waals surface area contributed by atoms with Crippen molar-refractivity contribution in [3.05, 3.63) is 44.6 Å². The van der Waals surface area contributed by atoms with Gasteiger partial charge in [-0.3, -0.25) is 0 Å². The minimum atomic E-state index is 0. The molecule has 0 N–H and O–H groups in total. The van der Waals surface area contributed by atoms with Crippen molar-refractivity contribution in [3.8, 4) is 0 Å². The molecule has 0 nitrogen and oxygen atoms in total. The van der Waals surface area contributed by atoms with Gasteiger partial charge in [-0.05, 0) is 85.5 Å². The predicted molar refractivity (Wildman–Crippen MR) is 147 cm³/mol. The van der Waals surface area contributed by atoms with Gasteiger partial charge in [0.1, 0.15) is 0 Å². The second-order valence-corrected chi connectivity index (χ2v) is 12.4. The Balaban J connectivity index is 0.000000602. The van der Waals surface area contributed by atoms with Gasteiger partial charge in [-0.1, -0.05) is 105 Å². The Morgan fingerprint density at radius 1 is 0.364 bits per heavy atom. The van der Waals surface area contributed by atoms with Gasteiger partial charge >= 0.3 is 0 Å². The molecule has 0 amide bonds. The van der Waals surface area contributed by atoms with Crippen LogP contribution < -0.4 is 0 Å². The zero-order valence-electron chi connectivity index (χ0n) is 25.0. The molecule has 0 unspecified atom stereocenters. The molecular weight excluding hydrogens is 440 g/mol. The van der Waals surface area contributed by atoms with E-state index in [1.807, 2.05) is 0 Å². The maximum absolute atomic E-state index is 2.35. The monoisotopic (exact) mass is 496 g/mol. The van der Waals surface area contributed by atoms with Crippen LogP contribution in [0.5, 0.6) is 0 Å². The van der Waals surface area contributed by atoms with Gasteiger partial charge in [0.05, 0.1) is 0 Å². The number of hydrogen-bond acceptors (Lipinski definition) is 0. The molecule has 0 fully saturated rings. The zero-order chi connectivity index (χ0) is 25.2. The average Bonchev–Trinajstić information content (AvgIpc) is 3.04. The van der Waals surface area contributed by atoms with E-state index in [0.717, 1.165) is 11.8 Å². The Hall–Kier alpha value is -0.521. The smallest absolute Gasteiger partial charge is 0.00365 e. The molecule has 0 saturated carbocycles. The summed E-state index contributed by atoms with van der Waals surface area (Å²) in [4.78, 5) is 0. The molecule has 0 atom stereocenters. The fraction of sp³-hybridized carbons (Fsp3) is 0.750. The van der Waals surface area contributed by atoms with Gasteiger partial charge in [0.2, 0.25) is 0 Å². The summed E-state index contributed by atoms with van der Waals surface area (Å²) >= 11 is 0. The Labute approximate surface area is 219 Å². The van der Waals surface area contributed by atoms with Gasteiger partial charge in [0, 0.05) is 28.9 Å². The van der Waals surface area contributed by atoms with E-state index >= 15 is 0 Å². The van der Waals surface area contributed by atoms with Gasteiger partial charge in [-0.15, -0.1) is 0 Å². The van der Waals surface area contributed by atoms with E-state index < -0.39 is 0 Å². The van der Waals surface area contributed by atoms with Crippen LogP contribution in [0.4, 0.5) is 0 Å². The van der Waals surface area contributed by atoms with Crippen LogP contribution in [0.15, 0.2) is 44.6 Å². The molecule has 1 heteroatoms. The topological polar surface area (TPSA) is 0 Å². The number of allylic oxidation sites excluding steroid dienone is 8. The fourth-order valence-electron chi connectivity index (χ4n) is 7.23. The summed E-state index contributed by atoms with van der Waals surface area (Å²) in [6.45, 7) is 37.4. The quantitative estimate of drug-likeness (QED) is 0.321. The first-order valence-corrected chi connectivity index (χ1v) is 13.4. The van der Waals surface area contributed by atoms with Crippen LogP contribution >= 0.6 is 0 Å². The zero-order valence-corrected chi connectivity index (χ0v) is 26.1. The first-order chi connectivity index (χ1) is 14.6. The van der Waals surface area contributed by atoms with E-state index in [0.29, 0.717) is 35.5 Å². The summed E-state index contributed by atoms with van der Waals surface area (Å²) in [6, 6.07) is 0. The second kappa shape index (κ2) is 13.0. The molecular formula is C32H56Fe. The average molecular weight is 497 g/mol. The van der Waals surface area contributed by atoms with E-state index in [1.165, 1.54) is 0 Å². The first-order valence-electron chi connectivity index (χ1n) is 13.4. The van der Waals surface area contributed by atoms with Crippen molar-refractivity contribution in [2.75, 3.05) is 0 Å². The summed E-state index contributed by atoms with van der Waals surface area (Å²) in [5.41, 5.74) is 13.1. The molecule has 0 aromatic heterocycles. The third kappa shape index (κ3) is 6.79. The van der Waals surface area contributed by atoms with Crippen molar-refractivity contribution < 1.29 is 17.1 Å². The van der Waals surface area contributed by atoms with Crippen LogP contribution in [0.2, 0.25) is 0 Å². The van der Waals surface area contributed by atoms with Crippen LogP contribution in [0.25, 0.3) is 0 Å². The molecule has 192 valence electrons. The molecule has 0 aromatic carbocycles. The van der Waals surface area contributed by atoms with Crippen LogP contribution in [0.1, 0.15) is 111 Å². The van der Waals surface area contributed by atoms with E-state index in [1.54, 1.807) is 44.6 Å². The van der Waals surface area contributed by atoms with Gasteiger partial charge in [0.25, 0.3) is 0 Å². The van der Waals surface area contributed by atoms with Crippen molar-refractivity contribution >= 4 is 0 Å². The van der Waals surface area contributed by atoms with Crippen LogP contribution in [0.3, 0.4) is 0 Å². The minimum absolute atomic E-state index is 0. The molecule has 2 aliphatic carbocycles. The van der Waals surface area contributed by atoms with Crippen molar-refractivity contribution in [1.29, 1.82) is 0 Å². The second-order valence-electron chi connectivity index (χ2n) is 12.4. The molecule has 0 aromatic rings. The molecule has 0 radical (unpaired) electrons. The first kappa shape index (κ1) is 32.5. The molecule has 0 saturated heterocycles. The largest absolute Gasteiger partial charge is 0.0621 e. The van der Waals surface area contributed by atoms with Crippen molar-refractivity contribution in [2.45, 2.75) is 111 Å². The summed E-state index contributed by atoms with van der Waals surface area (Å²) in [5.74, 6) is 5.49. The van der Waals surface area contributed by atoms with Crippen LogP contribution in [0, 0.1) is 47.3 Å². The Kier molecular flexibility index (Phi) is 12.8. The maximum atomic E-state index is 2.35. The summed E-state index contributed by atoms with van der Waals surface area (Å²) in [6.07, 6.45) is 0. The number of rotatable bonds is 6. The third-order valence-corrected chi connectivity index (χ3v) is 7.79. The Morgan fingerprint density at radius 3 is 0.606 bits per heavy atom. The summed E-state index contributed by atoms with van der Waals surface area (Å²) in [5, 5.41) is 0. The molecule has 2 aliphatic rings. The van der Waals surface area contributed by atoms with E-state index in [4.69, 9.17) is 0 Å². The molecule has 2 rings (SSSR count). The molecule has 0 bridgehead atoms. The molecule has 0 spiro atoms. The normalized spacial score (nSPS) is 18.4. The van der Waals surface area contributed by atoms with Gasteiger partial charge in [-0.2, -0.15) is 0 Å². The number of hydrogen-bond donors (Lipinski definition) is 0. The van der Waals surface area contributed by atoms with Crippen molar-refractivity contribution in [2.24, 2.45) is 47.3 Å². The predicted octanol–water partition coefficient (Wildman–Crippen LogP) is 10.4. The molecule has 0 aliphatic heterocycles. The van der Waals surface area contributed by atoms with E-state index in [9.17, 15) is 0 Å². The Morgan fingerprint density at radius 2 is 0.515 bits per heavy atom. The minimum Gasteiger partial charge on any atom is -0.0621 e. The van der Waals surface area contributed by atoms with Crippen LogP contribution in [-0.4, -0.2) is 0 Å². The van der Waals surface area contributed by atoms with Gasteiger partial charge in [0.15, 0.2) is 0 Å². The maximum Gasteiger partial charge on any atom is 0.00365 e.